The van der Waals surface area contributed by atoms with Crippen LogP contribution in [0.2, 0.25) is 0 Å². The largest absolute Gasteiger partial charge is 0.456 e. The highest BCUT2D eigenvalue weighted by Crippen LogP contribution is 2.50. The van der Waals surface area contributed by atoms with E-state index in [-0.39, 0.29) is 0 Å². The second kappa shape index (κ2) is 11.2. The van der Waals surface area contributed by atoms with Crippen molar-refractivity contribution in [1.29, 1.82) is 0 Å². The Morgan fingerprint density at radius 2 is 0.796 bits per heavy atom. The normalized spacial score (nSPS) is 12.1. The molecule has 0 radical (unpaired) electrons. The van der Waals surface area contributed by atoms with Gasteiger partial charge in [-0.25, -0.2) is 0 Å². The van der Waals surface area contributed by atoms with Crippen LogP contribution in [-0.4, -0.2) is 0 Å². The molecule has 0 saturated carbocycles. The Hall–Kier alpha value is -7.16. The van der Waals surface area contributed by atoms with Gasteiger partial charge in [-0.15, -0.1) is 0 Å². The lowest BCUT2D eigenvalue weighted by Gasteiger charge is -2.20. The number of benzene rings is 10. The summed E-state index contributed by atoms with van der Waals surface area (Å²) in [5, 5.41) is 14.0. The quantitative estimate of drug-likeness (QED) is 0.173. The van der Waals surface area contributed by atoms with Crippen LogP contribution in [-0.2, 0) is 0 Å². The third-order valence-electron chi connectivity index (χ3n) is 11.4. The average Bonchev–Trinajstić information content (AvgIpc) is 3.78. The van der Waals surface area contributed by atoms with Crippen LogP contribution in [0.3, 0.4) is 0 Å². The lowest BCUT2D eigenvalue weighted by Crippen LogP contribution is -1.92. The van der Waals surface area contributed by atoms with Crippen LogP contribution < -0.4 is 0 Å². The van der Waals surface area contributed by atoms with Crippen LogP contribution >= 0.6 is 0 Å². The summed E-state index contributed by atoms with van der Waals surface area (Å²) in [6, 6.07) is 65.5. The maximum absolute atomic E-state index is 6.97. The van der Waals surface area contributed by atoms with Crippen LogP contribution in [0, 0.1) is 0 Å². The van der Waals surface area contributed by atoms with Gasteiger partial charge in [0.25, 0.3) is 0 Å². The van der Waals surface area contributed by atoms with Gasteiger partial charge in [-0.3, -0.25) is 0 Å². The summed E-state index contributed by atoms with van der Waals surface area (Å²) in [7, 11) is 0. The van der Waals surface area contributed by atoms with E-state index in [9.17, 15) is 0 Å². The van der Waals surface area contributed by atoms with Crippen molar-refractivity contribution >= 4 is 87.0 Å². The maximum atomic E-state index is 6.97. The maximum Gasteiger partial charge on any atom is 0.144 e. The molecule has 0 amide bonds. The topological polar surface area (TPSA) is 26.3 Å². The van der Waals surface area contributed by atoms with Crippen molar-refractivity contribution in [2.45, 2.75) is 0 Å². The lowest BCUT2D eigenvalue weighted by molar-refractivity contribution is 0.665. The van der Waals surface area contributed by atoms with E-state index in [4.69, 9.17) is 8.83 Å². The van der Waals surface area contributed by atoms with Gasteiger partial charge in [0.2, 0.25) is 0 Å². The lowest BCUT2D eigenvalue weighted by atomic mass is 9.83. The molecule has 250 valence electrons. The molecule has 0 aliphatic rings. The van der Waals surface area contributed by atoms with Crippen LogP contribution in [0.15, 0.2) is 191 Å². The van der Waals surface area contributed by atoms with Gasteiger partial charge in [0.05, 0.1) is 0 Å². The first kappa shape index (κ1) is 29.4. The smallest absolute Gasteiger partial charge is 0.144 e. The molecule has 2 heteroatoms. The van der Waals surface area contributed by atoms with Gasteiger partial charge in [-0.1, -0.05) is 158 Å². The van der Waals surface area contributed by atoms with Crippen molar-refractivity contribution in [2.75, 3.05) is 0 Å². The number of furan rings is 2. The highest BCUT2D eigenvalue weighted by atomic mass is 16.3. The van der Waals surface area contributed by atoms with Crippen molar-refractivity contribution in [1.82, 2.24) is 0 Å². The molecule has 0 spiro atoms. The van der Waals surface area contributed by atoms with Crippen molar-refractivity contribution in [3.63, 3.8) is 0 Å². The molecule has 0 aliphatic heterocycles. The molecule has 0 fully saturated rings. The van der Waals surface area contributed by atoms with Gasteiger partial charge in [0.15, 0.2) is 0 Å². The van der Waals surface area contributed by atoms with Gasteiger partial charge in [0, 0.05) is 27.1 Å². The minimum Gasteiger partial charge on any atom is -0.456 e. The first-order valence-corrected chi connectivity index (χ1v) is 18.5. The number of hydrogen-bond acceptors (Lipinski definition) is 2. The van der Waals surface area contributed by atoms with Crippen LogP contribution in [0.25, 0.3) is 120 Å². The van der Waals surface area contributed by atoms with Gasteiger partial charge in [-0.05, 0) is 95.2 Å². The Bertz CT molecular complexity index is 3430. The Morgan fingerprint density at radius 1 is 0.278 bits per heavy atom. The van der Waals surface area contributed by atoms with E-state index in [1.165, 1.54) is 60.0 Å². The second-order valence-corrected chi connectivity index (χ2v) is 14.3. The summed E-state index contributed by atoms with van der Waals surface area (Å²) in [5.41, 5.74) is 10.6. The molecule has 0 aliphatic carbocycles. The van der Waals surface area contributed by atoms with E-state index in [1.54, 1.807) is 0 Å². The molecule has 2 aromatic heterocycles. The van der Waals surface area contributed by atoms with Crippen LogP contribution in [0.1, 0.15) is 0 Å². The number of fused-ring (bicyclic) bond motifs is 10. The zero-order chi connectivity index (χ0) is 35.3. The van der Waals surface area contributed by atoms with E-state index in [0.29, 0.717) is 0 Å². The monoisotopic (exact) mass is 686 g/mol. The van der Waals surface area contributed by atoms with Crippen LogP contribution in [0.5, 0.6) is 0 Å². The van der Waals surface area contributed by atoms with Gasteiger partial charge >= 0.3 is 0 Å². The average molecular weight is 687 g/mol. The molecule has 12 aromatic rings. The SMILES string of the molecule is c1ccc(-c2c3ccccc3c(-c3ccc(-c4c5oc6cc7ccccc7cc6c5cc5oc6ccccc6c45)c4ccccc34)c3ccccc23)cc1. The molecule has 54 heavy (non-hydrogen) atoms. The molecule has 0 bridgehead atoms. The van der Waals surface area contributed by atoms with E-state index >= 15 is 0 Å². The second-order valence-electron chi connectivity index (χ2n) is 14.3. The predicted octanol–water partition coefficient (Wildman–Crippen LogP) is 15.1. The van der Waals surface area contributed by atoms with Gasteiger partial charge < -0.3 is 8.83 Å². The van der Waals surface area contributed by atoms with Crippen molar-refractivity contribution < 1.29 is 8.83 Å². The molecule has 0 N–H and O–H groups in total. The third-order valence-corrected chi connectivity index (χ3v) is 11.4. The van der Waals surface area contributed by atoms with Crippen LogP contribution in [0.4, 0.5) is 0 Å². The number of para-hydroxylation sites is 1. The van der Waals surface area contributed by atoms with E-state index in [0.717, 1.165) is 60.4 Å². The van der Waals surface area contributed by atoms with E-state index < -0.39 is 0 Å². The van der Waals surface area contributed by atoms with E-state index in [1.807, 2.05) is 6.07 Å². The highest BCUT2D eigenvalue weighted by molar-refractivity contribution is 6.28. The first-order chi connectivity index (χ1) is 26.8. The number of hydrogen-bond donors (Lipinski definition) is 0. The summed E-state index contributed by atoms with van der Waals surface area (Å²) < 4.78 is 13.6. The molecular weight excluding hydrogens is 657 g/mol. The molecule has 2 heterocycles. The molecule has 0 atom stereocenters. The molecule has 2 nitrogen and oxygen atoms in total. The Kier molecular flexibility index (Phi) is 6.09. The van der Waals surface area contributed by atoms with E-state index in [2.05, 4.69) is 176 Å². The van der Waals surface area contributed by atoms with Crippen molar-refractivity contribution in [2.24, 2.45) is 0 Å². The Labute approximate surface area is 310 Å². The summed E-state index contributed by atoms with van der Waals surface area (Å²) in [6.07, 6.45) is 0. The Balaban J connectivity index is 1.21. The fourth-order valence-electron chi connectivity index (χ4n) is 9.13. The predicted molar refractivity (Wildman–Crippen MR) is 227 cm³/mol. The molecule has 0 saturated heterocycles. The molecular formula is C52H30O2. The molecule has 10 aromatic carbocycles. The van der Waals surface area contributed by atoms with Gasteiger partial charge in [0.1, 0.15) is 22.3 Å². The van der Waals surface area contributed by atoms with Gasteiger partial charge in [-0.2, -0.15) is 0 Å². The third kappa shape index (κ3) is 4.11. The summed E-state index contributed by atoms with van der Waals surface area (Å²) in [4.78, 5) is 0. The van der Waals surface area contributed by atoms with Crippen molar-refractivity contribution in [3.8, 4) is 33.4 Å². The molecule has 12 rings (SSSR count). The zero-order valence-electron chi connectivity index (χ0n) is 29.1. The fourth-order valence-corrected chi connectivity index (χ4v) is 9.13. The Morgan fingerprint density at radius 3 is 1.46 bits per heavy atom. The number of rotatable bonds is 3. The summed E-state index contributed by atoms with van der Waals surface area (Å²) in [5.74, 6) is 0. The summed E-state index contributed by atoms with van der Waals surface area (Å²) in [6.45, 7) is 0. The first-order valence-electron chi connectivity index (χ1n) is 18.5. The molecule has 0 unspecified atom stereocenters. The van der Waals surface area contributed by atoms with Crippen molar-refractivity contribution in [3.05, 3.63) is 182 Å². The minimum atomic E-state index is 0.858. The zero-order valence-corrected chi connectivity index (χ0v) is 29.1. The minimum absolute atomic E-state index is 0.858. The fraction of sp³-hybridized carbons (Fsp3) is 0. The highest BCUT2D eigenvalue weighted by Gasteiger charge is 2.24. The standard InChI is InChI=1S/C52H30O2/c1-2-14-31(15-3-1)48-36-20-8-10-22-38(36)49(39-23-11-9-21-37(39)48)40-26-27-41(35-19-7-6-18-34(35)40)51-50-42-24-12-13-25-45(42)53-47(50)30-44-43-28-32-16-4-5-17-33(32)29-46(43)54-52(44)51/h1-30H. The summed E-state index contributed by atoms with van der Waals surface area (Å²) >= 11 is 0.